The molecule has 0 unspecified atom stereocenters. The second-order valence-electron chi connectivity index (χ2n) is 3.10. The van der Waals surface area contributed by atoms with Crippen molar-refractivity contribution in [3.05, 3.63) is 34.8 Å². The number of benzene rings is 1. The molecule has 2 aromatic rings. The summed E-state index contributed by atoms with van der Waals surface area (Å²) in [5.41, 5.74) is 1.82. The second kappa shape index (κ2) is 3.82. The van der Waals surface area contributed by atoms with E-state index in [0.717, 1.165) is 26.9 Å². The predicted molar refractivity (Wildman–Crippen MR) is 61.0 cm³/mol. The van der Waals surface area contributed by atoms with E-state index in [9.17, 15) is 4.79 Å². The SMILES string of the molecule is Cc1nc2cccc(C=CC(=O)O)c2s1. The van der Waals surface area contributed by atoms with Crippen molar-refractivity contribution in [2.75, 3.05) is 0 Å². The number of aliphatic carboxylic acids is 1. The van der Waals surface area contributed by atoms with Crippen molar-refractivity contribution in [2.45, 2.75) is 6.92 Å². The van der Waals surface area contributed by atoms with Gasteiger partial charge in [-0.2, -0.15) is 0 Å². The maximum atomic E-state index is 10.4. The van der Waals surface area contributed by atoms with Gasteiger partial charge in [-0.25, -0.2) is 9.78 Å². The fourth-order valence-electron chi connectivity index (χ4n) is 1.37. The lowest BCUT2D eigenvalue weighted by molar-refractivity contribution is -0.131. The Bertz CT molecular complexity index is 543. The molecular weight excluding hydrogens is 210 g/mol. The molecule has 4 heteroatoms. The van der Waals surface area contributed by atoms with Crippen molar-refractivity contribution in [1.29, 1.82) is 0 Å². The Hall–Kier alpha value is -1.68. The largest absolute Gasteiger partial charge is 0.478 e. The van der Waals surface area contributed by atoms with Gasteiger partial charge in [0, 0.05) is 6.08 Å². The Morgan fingerprint density at radius 3 is 3.07 bits per heavy atom. The Kier molecular flexibility index (Phi) is 2.51. The summed E-state index contributed by atoms with van der Waals surface area (Å²) in [5.74, 6) is -0.937. The van der Waals surface area contributed by atoms with E-state index in [-0.39, 0.29) is 0 Å². The molecule has 0 atom stereocenters. The van der Waals surface area contributed by atoms with Crippen LogP contribution in [0.1, 0.15) is 10.6 Å². The zero-order valence-electron chi connectivity index (χ0n) is 8.10. The van der Waals surface area contributed by atoms with Gasteiger partial charge < -0.3 is 5.11 Å². The molecule has 0 bridgehead atoms. The topological polar surface area (TPSA) is 50.2 Å². The van der Waals surface area contributed by atoms with E-state index in [2.05, 4.69) is 4.98 Å². The third-order valence-electron chi connectivity index (χ3n) is 1.96. The van der Waals surface area contributed by atoms with Gasteiger partial charge in [0.25, 0.3) is 0 Å². The van der Waals surface area contributed by atoms with E-state index in [0.29, 0.717) is 0 Å². The van der Waals surface area contributed by atoms with E-state index < -0.39 is 5.97 Å². The van der Waals surface area contributed by atoms with Crippen LogP contribution in [-0.2, 0) is 4.79 Å². The van der Waals surface area contributed by atoms with Crippen LogP contribution in [0.25, 0.3) is 16.3 Å². The average molecular weight is 219 g/mol. The molecule has 0 aliphatic rings. The first-order valence-corrected chi connectivity index (χ1v) is 5.25. The number of carbonyl (C=O) groups is 1. The minimum absolute atomic E-state index is 0.903. The number of hydrogen-bond acceptors (Lipinski definition) is 3. The first kappa shape index (κ1) is 9.86. The number of hydrogen-bond donors (Lipinski definition) is 1. The lowest BCUT2D eigenvalue weighted by Gasteiger charge is -1.93. The van der Waals surface area contributed by atoms with Crippen LogP contribution in [0.15, 0.2) is 24.3 Å². The van der Waals surface area contributed by atoms with Crippen molar-refractivity contribution in [3.63, 3.8) is 0 Å². The highest BCUT2D eigenvalue weighted by molar-refractivity contribution is 7.18. The molecular formula is C11H9NO2S. The number of thiazole rings is 1. The van der Waals surface area contributed by atoms with Crippen LogP contribution in [-0.4, -0.2) is 16.1 Å². The molecule has 0 saturated heterocycles. The van der Waals surface area contributed by atoms with Crippen LogP contribution in [0.3, 0.4) is 0 Å². The van der Waals surface area contributed by atoms with E-state index in [4.69, 9.17) is 5.11 Å². The van der Waals surface area contributed by atoms with Gasteiger partial charge in [0.2, 0.25) is 0 Å². The summed E-state index contributed by atoms with van der Waals surface area (Å²) in [6.45, 7) is 1.94. The number of carboxylic acid groups (broad SMARTS) is 1. The Balaban J connectivity index is 2.55. The smallest absolute Gasteiger partial charge is 0.328 e. The van der Waals surface area contributed by atoms with E-state index >= 15 is 0 Å². The van der Waals surface area contributed by atoms with Crippen LogP contribution < -0.4 is 0 Å². The molecule has 2 rings (SSSR count). The summed E-state index contributed by atoms with van der Waals surface area (Å²) >= 11 is 1.58. The van der Waals surface area contributed by atoms with Crippen molar-refractivity contribution in [1.82, 2.24) is 4.98 Å². The molecule has 0 amide bonds. The van der Waals surface area contributed by atoms with Crippen LogP contribution in [0.2, 0.25) is 0 Å². The maximum absolute atomic E-state index is 10.4. The van der Waals surface area contributed by atoms with Crippen LogP contribution in [0, 0.1) is 6.92 Å². The zero-order valence-corrected chi connectivity index (χ0v) is 8.91. The molecule has 0 aliphatic carbocycles. The third-order valence-corrected chi connectivity index (χ3v) is 2.99. The number of aromatic nitrogens is 1. The predicted octanol–water partition coefficient (Wildman–Crippen LogP) is 2.70. The number of rotatable bonds is 2. The van der Waals surface area contributed by atoms with Gasteiger partial charge in [-0.1, -0.05) is 12.1 Å². The molecule has 1 aromatic carbocycles. The van der Waals surface area contributed by atoms with Gasteiger partial charge >= 0.3 is 5.97 Å². The minimum atomic E-state index is -0.937. The van der Waals surface area contributed by atoms with Gasteiger partial charge in [0.15, 0.2) is 0 Å². The molecule has 3 nitrogen and oxygen atoms in total. The van der Waals surface area contributed by atoms with Crippen molar-refractivity contribution < 1.29 is 9.90 Å². The summed E-state index contributed by atoms with van der Waals surface area (Å²) in [7, 11) is 0. The first-order chi connectivity index (χ1) is 7.16. The Morgan fingerprint density at radius 2 is 2.33 bits per heavy atom. The fourth-order valence-corrected chi connectivity index (χ4v) is 2.29. The highest BCUT2D eigenvalue weighted by atomic mass is 32.1. The quantitative estimate of drug-likeness (QED) is 0.790. The third kappa shape index (κ3) is 2.05. The van der Waals surface area contributed by atoms with Crippen molar-refractivity contribution in [2.24, 2.45) is 0 Å². The summed E-state index contributed by atoms with van der Waals surface area (Å²) < 4.78 is 1.03. The van der Waals surface area contributed by atoms with E-state index in [1.807, 2.05) is 25.1 Å². The molecule has 15 heavy (non-hydrogen) atoms. The van der Waals surface area contributed by atoms with Gasteiger partial charge in [-0.05, 0) is 24.6 Å². The zero-order chi connectivity index (χ0) is 10.8. The molecule has 0 spiro atoms. The van der Waals surface area contributed by atoms with E-state index in [1.54, 1.807) is 17.4 Å². The Labute approximate surface area is 90.7 Å². The molecule has 0 saturated carbocycles. The first-order valence-electron chi connectivity index (χ1n) is 4.44. The average Bonchev–Trinajstić information content (AvgIpc) is 2.55. The van der Waals surface area contributed by atoms with Gasteiger partial charge in [-0.3, -0.25) is 0 Å². The molecule has 0 radical (unpaired) electrons. The summed E-state index contributed by atoms with van der Waals surface area (Å²) in [6.07, 6.45) is 2.74. The number of aryl methyl sites for hydroxylation is 1. The van der Waals surface area contributed by atoms with Crippen LogP contribution >= 0.6 is 11.3 Å². The Morgan fingerprint density at radius 1 is 1.53 bits per heavy atom. The van der Waals surface area contributed by atoms with Crippen molar-refractivity contribution in [3.8, 4) is 0 Å². The number of carboxylic acids is 1. The van der Waals surface area contributed by atoms with Gasteiger partial charge in [0.1, 0.15) is 0 Å². The summed E-state index contributed by atoms with van der Waals surface area (Å²) in [5, 5.41) is 9.54. The molecule has 76 valence electrons. The molecule has 0 fully saturated rings. The molecule has 1 N–H and O–H groups in total. The van der Waals surface area contributed by atoms with Crippen LogP contribution in [0.4, 0.5) is 0 Å². The minimum Gasteiger partial charge on any atom is -0.478 e. The lowest BCUT2D eigenvalue weighted by atomic mass is 10.2. The monoisotopic (exact) mass is 219 g/mol. The van der Waals surface area contributed by atoms with E-state index in [1.165, 1.54) is 0 Å². The fraction of sp³-hybridized carbons (Fsp3) is 0.0909. The standard InChI is InChI=1S/C11H9NO2S/c1-7-12-9-4-2-3-8(11(9)15-7)5-6-10(13)14/h2-6H,1H3,(H,13,14). The number of fused-ring (bicyclic) bond motifs is 1. The second-order valence-corrected chi connectivity index (χ2v) is 4.30. The summed E-state index contributed by atoms with van der Waals surface area (Å²) in [6, 6.07) is 5.69. The van der Waals surface area contributed by atoms with Gasteiger partial charge in [0.05, 0.1) is 15.2 Å². The number of nitrogens with zero attached hydrogens (tertiary/aromatic N) is 1. The molecule has 0 aliphatic heterocycles. The normalized spacial score (nSPS) is 11.3. The maximum Gasteiger partial charge on any atom is 0.328 e. The molecule has 1 aromatic heterocycles. The van der Waals surface area contributed by atoms with Gasteiger partial charge in [-0.15, -0.1) is 11.3 Å². The van der Waals surface area contributed by atoms with Crippen LogP contribution in [0.5, 0.6) is 0 Å². The molecule has 1 heterocycles. The summed E-state index contributed by atoms with van der Waals surface area (Å²) in [4.78, 5) is 14.8. The highest BCUT2D eigenvalue weighted by Gasteiger charge is 2.03. The lowest BCUT2D eigenvalue weighted by Crippen LogP contribution is -1.85. The highest BCUT2D eigenvalue weighted by Crippen LogP contribution is 2.25. The van der Waals surface area contributed by atoms with Crippen molar-refractivity contribution >= 4 is 33.6 Å².